The summed E-state index contributed by atoms with van der Waals surface area (Å²) >= 11 is 0. The second-order valence-electron chi connectivity index (χ2n) is 5.69. The molecule has 1 fully saturated rings. The molecule has 1 saturated heterocycles. The number of hydrogen-bond donors (Lipinski definition) is 2. The molecule has 1 unspecified atom stereocenters. The van der Waals surface area contributed by atoms with Crippen molar-refractivity contribution in [2.75, 3.05) is 60.2 Å². The van der Waals surface area contributed by atoms with E-state index in [4.69, 9.17) is 9.47 Å². The standard InChI is InChI=1S/C15H32N4O2.HI/c1-13(2)14(19-7-10-21-11-8-19)12-18-15(16-3)17-6-5-9-20-4;/h13-14H,5-12H2,1-4H3,(H2,16,17,18);1H. The fourth-order valence-corrected chi connectivity index (χ4v) is 2.54. The average Bonchev–Trinajstić information content (AvgIpc) is 2.50. The smallest absolute Gasteiger partial charge is 0.191 e. The monoisotopic (exact) mass is 428 g/mol. The molecule has 132 valence electrons. The Hall–Kier alpha value is -0.120. The van der Waals surface area contributed by atoms with E-state index in [1.165, 1.54) is 0 Å². The molecule has 0 saturated carbocycles. The minimum atomic E-state index is 0. The number of nitrogens with zero attached hydrogens (tertiary/aromatic N) is 2. The second-order valence-corrected chi connectivity index (χ2v) is 5.69. The molecule has 0 aromatic heterocycles. The lowest BCUT2D eigenvalue weighted by Gasteiger charge is -2.37. The summed E-state index contributed by atoms with van der Waals surface area (Å²) in [5.74, 6) is 1.47. The van der Waals surface area contributed by atoms with Crippen LogP contribution in [0.1, 0.15) is 20.3 Å². The van der Waals surface area contributed by atoms with Gasteiger partial charge in [-0.3, -0.25) is 9.89 Å². The highest BCUT2D eigenvalue weighted by atomic mass is 127. The van der Waals surface area contributed by atoms with Crippen molar-refractivity contribution < 1.29 is 9.47 Å². The summed E-state index contributed by atoms with van der Waals surface area (Å²) in [6.45, 7) is 10.8. The lowest BCUT2D eigenvalue weighted by atomic mass is 10.0. The first-order chi connectivity index (χ1) is 10.2. The summed E-state index contributed by atoms with van der Waals surface area (Å²) in [5.41, 5.74) is 0. The van der Waals surface area contributed by atoms with E-state index < -0.39 is 0 Å². The van der Waals surface area contributed by atoms with E-state index in [1.807, 2.05) is 7.05 Å². The Morgan fingerprint density at radius 3 is 2.50 bits per heavy atom. The summed E-state index contributed by atoms with van der Waals surface area (Å²) in [6, 6.07) is 0.506. The quantitative estimate of drug-likeness (QED) is 0.263. The van der Waals surface area contributed by atoms with Crippen LogP contribution in [-0.4, -0.2) is 77.1 Å². The molecule has 1 rings (SSSR count). The highest BCUT2D eigenvalue weighted by Gasteiger charge is 2.23. The number of hydrogen-bond acceptors (Lipinski definition) is 4. The molecular formula is C15H33IN4O2. The zero-order valence-electron chi connectivity index (χ0n) is 14.4. The van der Waals surface area contributed by atoms with Gasteiger partial charge in [-0.1, -0.05) is 13.8 Å². The van der Waals surface area contributed by atoms with Crippen LogP contribution in [-0.2, 0) is 9.47 Å². The van der Waals surface area contributed by atoms with Gasteiger partial charge in [-0.25, -0.2) is 0 Å². The Morgan fingerprint density at radius 1 is 1.27 bits per heavy atom. The van der Waals surface area contributed by atoms with Crippen molar-refractivity contribution in [2.24, 2.45) is 10.9 Å². The molecular weight excluding hydrogens is 395 g/mol. The van der Waals surface area contributed by atoms with Gasteiger partial charge < -0.3 is 20.1 Å². The average molecular weight is 428 g/mol. The van der Waals surface area contributed by atoms with Crippen LogP contribution in [0.25, 0.3) is 0 Å². The van der Waals surface area contributed by atoms with Crippen LogP contribution in [0.15, 0.2) is 4.99 Å². The number of morpholine rings is 1. The topological polar surface area (TPSA) is 58.1 Å². The van der Waals surface area contributed by atoms with E-state index in [1.54, 1.807) is 7.11 Å². The van der Waals surface area contributed by atoms with E-state index >= 15 is 0 Å². The lowest BCUT2D eigenvalue weighted by Crippen LogP contribution is -2.52. The molecule has 2 N–H and O–H groups in total. The Bertz CT molecular complexity index is 297. The summed E-state index contributed by atoms with van der Waals surface area (Å²) < 4.78 is 10.5. The van der Waals surface area contributed by atoms with Crippen molar-refractivity contribution in [1.29, 1.82) is 0 Å². The van der Waals surface area contributed by atoms with Gasteiger partial charge in [0.05, 0.1) is 13.2 Å². The molecule has 6 nitrogen and oxygen atoms in total. The molecule has 22 heavy (non-hydrogen) atoms. The predicted octanol–water partition coefficient (Wildman–Crippen LogP) is 1.16. The molecule has 0 amide bonds. The fourth-order valence-electron chi connectivity index (χ4n) is 2.54. The number of ether oxygens (including phenoxy) is 2. The van der Waals surface area contributed by atoms with Crippen molar-refractivity contribution in [3.8, 4) is 0 Å². The molecule has 1 aliphatic rings. The first kappa shape index (κ1) is 21.9. The summed E-state index contributed by atoms with van der Waals surface area (Å²) in [5, 5.41) is 6.76. The van der Waals surface area contributed by atoms with Gasteiger partial charge in [-0.05, 0) is 12.3 Å². The summed E-state index contributed by atoms with van der Waals surface area (Å²) in [7, 11) is 3.54. The van der Waals surface area contributed by atoms with Crippen LogP contribution in [0, 0.1) is 5.92 Å². The first-order valence-corrected chi connectivity index (χ1v) is 7.94. The molecule has 0 aliphatic carbocycles. The van der Waals surface area contributed by atoms with Gasteiger partial charge in [0.15, 0.2) is 5.96 Å². The van der Waals surface area contributed by atoms with Crippen LogP contribution in [0.5, 0.6) is 0 Å². The number of halogens is 1. The molecule has 0 aromatic carbocycles. The van der Waals surface area contributed by atoms with Crippen molar-refractivity contribution in [1.82, 2.24) is 15.5 Å². The molecule has 0 aromatic rings. The summed E-state index contributed by atoms with van der Waals surface area (Å²) in [4.78, 5) is 6.79. The zero-order valence-corrected chi connectivity index (χ0v) is 16.8. The van der Waals surface area contributed by atoms with E-state index in [9.17, 15) is 0 Å². The minimum Gasteiger partial charge on any atom is -0.385 e. The molecule has 0 radical (unpaired) electrons. The third kappa shape index (κ3) is 8.50. The van der Waals surface area contributed by atoms with E-state index in [0.29, 0.717) is 12.0 Å². The van der Waals surface area contributed by atoms with Gasteiger partial charge in [0, 0.05) is 53.0 Å². The first-order valence-electron chi connectivity index (χ1n) is 7.94. The molecule has 0 spiro atoms. The Morgan fingerprint density at radius 2 is 1.95 bits per heavy atom. The van der Waals surface area contributed by atoms with E-state index in [2.05, 4.69) is 34.4 Å². The third-order valence-corrected chi connectivity index (χ3v) is 3.80. The SMILES string of the molecule is CN=C(NCCCOC)NCC(C(C)C)N1CCOCC1.I. The maximum atomic E-state index is 5.44. The molecule has 0 bridgehead atoms. The molecule has 1 heterocycles. The number of aliphatic imine (C=N–C) groups is 1. The van der Waals surface area contributed by atoms with Gasteiger partial charge in [0.1, 0.15) is 0 Å². The maximum absolute atomic E-state index is 5.44. The van der Waals surface area contributed by atoms with Gasteiger partial charge in [0.2, 0.25) is 0 Å². The number of nitrogens with one attached hydrogen (secondary N) is 2. The predicted molar refractivity (Wildman–Crippen MR) is 102 cm³/mol. The normalized spacial score (nSPS) is 18.0. The Kier molecular flexibility index (Phi) is 13.3. The van der Waals surface area contributed by atoms with Gasteiger partial charge in [-0.15, -0.1) is 24.0 Å². The van der Waals surface area contributed by atoms with E-state index in [0.717, 1.165) is 58.4 Å². The van der Waals surface area contributed by atoms with Gasteiger partial charge in [-0.2, -0.15) is 0 Å². The van der Waals surface area contributed by atoms with Crippen molar-refractivity contribution in [2.45, 2.75) is 26.3 Å². The highest BCUT2D eigenvalue weighted by Crippen LogP contribution is 2.12. The van der Waals surface area contributed by atoms with Gasteiger partial charge >= 0.3 is 0 Å². The van der Waals surface area contributed by atoms with Crippen LogP contribution in [0.4, 0.5) is 0 Å². The Labute approximate surface area is 152 Å². The Balaban J connectivity index is 0.00000441. The van der Waals surface area contributed by atoms with Crippen molar-refractivity contribution in [3.05, 3.63) is 0 Å². The van der Waals surface area contributed by atoms with Crippen molar-refractivity contribution in [3.63, 3.8) is 0 Å². The van der Waals surface area contributed by atoms with Gasteiger partial charge in [0.25, 0.3) is 0 Å². The molecule has 1 atom stereocenters. The zero-order chi connectivity index (χ0) is 15.5. The molecule has 1 aliphatic heterocycles. The second kappa shape index (κ2) is 13.3. The highest BCUT2D eigenvalue weighted by molar-refractivity contribution is 14.0. The van der Waals surface area contributed by atoms with Crippen LogP contribution < -0.4 is 10.6 Å². The fraction of sp³-hybridized carbons (Fsp3) is 0.933. The van der Waals surface area contributed by atoms with Crippen LogP contribution in [0.3, 0.4) is 0 Å². The lowest BCUT2D eigenvalue weighted by molar-refractivity contribution is 0.00752. The number of guanidine groups is 1. The van der Waals surface area contributed by atoms with Crippen LogP contribution >= 0.6 is 24.0 Å². The summed E-state index contributed by atoms with van der Waals surface area (Å²) in [6.07, 6.45) is 0.980. The third-order valence-electron chi connectivity index (χ3n) is 3.80. The van der Waals surface area contributed by atoms with Crippen molar-refractivity contribution >= 4 is 29.9 Å². The molecule has 7 heteroatoms. The minimum absolute atomic E-state index is 0. The number of methoxy groups -OCH3 is 1. The van der Waals surface area contributed by atoms with Crippen LogP contribution in [0.2, 0.25) is 0 Å². The number of rotatable bonds is 8. The van der Waals surface area contributed by atoms with E-state index in [-0.39, 0.29) is 24.0 Å². The maximum Gasteiger partial charge on any atom is 0.191 e. The largest absolute Gasteiger partial charge is 0.385 e.